The lowest BCUT2D eigenvalue weighted by Crippen LogP contribution is -2.69. The maximum atomic E-state index is 12.3. The Labute approximate surface area is 125 Å². The zero-order chi connectivity index (χ0) is 15.0. The van der Waals surface area contributed by atoms with Gasteiger partial charge in [0, 0.05) is 17.9 Å². The Balaban J connectivity index is 1.65. The Hall–Kier alpha value is -1.84. The summed E-state index contributed by atoms with van der Waals surface area (Å²) < 4.78 is 5.42. The molecule has 4 heteroatoms. The highest BCUT2D eigenvalue weighted by Crippen LogP contribution is 2.49. The van der Waals surface area contributed by atoms with Gasteiger partial charge in [-0.05, 0) is 18.4 Å². The SMILES string of the molecule is CC1(C)C(=O)[C@H]2CCCN(C(=O)OCc3ccccc3)[C@H]21. The first-order valence-corrected chi connectivity index (χ1v) is 7.53. The third-order valence-electron chi connectivity index (χ3n) is 4.78. The van der Waals surface area contributed by atoms with Gasteiger partial charge in [-0.15, -0.1) is 0 Å². The molecule has 2 atom stereocenters. The van der Waals surface area contributed by atoms with Gasteiger partial charge < -0.3 is 9.64 Å². The number of benzene rings is 1. The molecule has 112 valence electrons. The number of likely N-dealkylation sites (tertiary alicyclic amines) is 1. The lowest BCUT2D eigenvalue weighted by atomic mass is 9.55. The van der Waals surface area contributed by atoms with E-state index in [1.165, 1.54) is 0 Å². The van der Waals surface area contributed by atoms with Gasteiger partial charge in [-0.1, -0.05) is 44.2 Å². The summed E-state index contributed by atoms with van der Waals surface area (Å²) in [7, 11) is 0. The van der Waals surface area contributed by atoms with Gasteiger partial charge in [0.05, 0.1) is 6.04 Å². The highest BCUT2D eigenvalue weighted by Gasteiger charge is 2.60. The molecular formula is C17H21NO3. The third-order valence-corrected chi connectivity index (χ3v) is 4.78. The smallest absolute Gasteiger partial charge is 0.410 e. The van der Waals surface area contributed by atoms with E-state index in [4.69, 9.17) is 4.74 Å². The predicted molar refractivity (Wildman–Crippen MR) is 78.6 cm³/mol. The standard InChI is InChI=1S/C17H21NO3/c1-17(2)14-13(15(17)19)9-6-10-18(14)16(20)21-11-12-7-4-3-5-8-12/h3-5,7-8,13-14H,6,9-11H2,1-2H3/t13-,14+/m0/s1. The zero-order valence-corrected chi connectivity index (χ0v) is 12.5. The lowest BCUT2D eigenvalue weighted by Gasteiger charge is -2.56. The summed E-state index contributed by atoms with van der Waals surface area (Å²) in [4.78, 5) is 26.2. The van der Waals surface area contributed by atoms with Crippen molar-refractivity contribution < 1.29 is 14.3 Å². The van der Waals surface area contributed by atoms with Crippen LogP contribution in [0.1, 0.15) is 32.3 Å². The molecule has 1 amide bonds. The summed E-state index contributed by atoms with van der Waals surface area (Å²) in [5.41, 5.74) is 0.542. The van der Waals surface area contributed by atoms with E-state index >= 15 is 0 Å². The van der Waals surface area contributed by atoms with Crippen molar-refractivity contribution in [2.75, 3.05) is 6.54 Å². The van der Waals surface area contributed by atoms with Gasteiger partial charge >= 0.3 is 6.09 Å². The molecule has 1 aliphatic heterocycles. The molecule has 1 saturated carbocycles. The van der Waals surface area contributed by atoms with E-state index in [0.717, 1.165) is 18.4 Å². The number of hydrogen-bond acceptors (Lipinski definition) is 3. The van der Waals surface area contributed by atoms with Crippen molar-refractivity contribution in [3.8, 4) is 0 Å². The van der Waals surface area contributed by atoms with E-state index in [-0.39, 0.29) is 30.4 Å². The van der Waals surface area contributed by atoms with Crippen LogP contribution in [0.2, 0.25) is 0 Å². The van der Waals surface area contributed by atoms with Crippen LogP contribution in [-0.2, 0) is 16.1 Å². The van der Waals surface area contributed by atoms with Crippen molar-refractivity contribution in [3.05, 3.63) is 35.9 Å². The molecule has 4 nitrogen and oxygen atoms in total. The molecule has 0 spiro atoms. The van der Waals surface area contributed by atoms with Crippen LogP contribution in [0, 0.1) is 11.3 Å². The number of fused-ring (bicyclic) bond motifs is 1. The number of nitrogens with zero attached hydrogens (tertiary/aromatic N) is 1. The fourth-order valence-corrected chi connectivity index (χ4v) is 3.70. The molecule has 1 aromatic rings. The second kappa shape index (κ2) is 5.17. The fourth-order valence-electron chi connectivity index (χ4n) is 3.70. The maximum Gasteiger partial charge on any atom is 0.410 e. The maximum absolute atomic E-state index is 12.3. The molecule has 0 N–H and O–H groups in total. The van der Waals surface area contributed by atoms with Gasteiger partial charge in [-0.25, -0.2) is 4.79 Å². The average Bonchev–Trinajstić information content (AvgIpc) is 2.52. The molecule has 3 rings (SSSR count). The quantitative estimate of drug-likeness (QED) is 0.840. The Morgan fingerprint density at radius 2 is 2.05 bits per heavy atom. The van der Waals surface area contributed by atoms with Crippen LogP contribution >= 0.6 is 0 Å². The van der Waals surface area contributed by atoms with Gasteiger partial charge in [0.25, 0.3) is 0 Å². The van der Waals surface area contributed by atoms with Crippen molar-refractivity contribution in [1.82, 2.24) is 4.90 Å². The van der Waals surface area contributed by atoms with Crippen molar-refractivity contribution in [2.45, 2.75) is 39.3 Å². The van der Waals surface area contributed by atoms with E-state index in [1.54, 1.807) is 4.90 Å². The Kier molecular flexibility index (Phi) is 3.47. The summed E-state index contributed by atoms with van der Waals surface area (Å²) in [6.45, 7) is 4.83. The molecule has 0 unspecified atom stereocenters. The van der Waals surface area contributed by atoms with Crippen molar-refractivity contribution in [1.29, 1.82) is 0 Å². The van der Waals surface area contributed by atoms with Gasteiger partial charge in [-0.2, -0.15) is 0 Å². The first-order valence-electron chi connectivity index (χ1n) is 7.53. The van der Waals surface area contributed by atoms with E-state index < -0.39 is 5.41 Å². The van der Waals surface area contributed by atoms with Crippen LogP contribution in [0.5, 0.6) is 0 Å². The number of Topliss-reactive ketones (excluding diaryl/α,β-unsaturated/α-hetero) is 1. The molecule has 1 heterocycles. The molecule has 0 bridgehead atoms. The normalized spacial score (nSPS) is 26.8. The van der Waals surface area contributed by atoms with E-state index in [1.807, 2.05) is 44.2 Å². The number of amides is 1. The Morgan fingerprint density at radius 3 is 2.76 bits per heavy atom. The lowest BCUT2D eigenvalue weighted by molar-refractivity contribution is -0.159. The van der Waals surface area contributed by atoms with Crippen LogP contribution in [0.3, 0.4) is 0 Å². The van der Waals surface area contributed by atoms with E-state index in [2.05, 4.69) is 0 Å². The molecule has 0 aromatic heterocycles. The summed E-state index contributed by atoms with van der Waals surface area (Å²) in [5, 5.41) is 0. The summed E-state index contributed by atoms with van der Waals surface area (Å²) in [5.74, 6) is 0.297. The molecule has 1 saturated heterocycles. The van der Waals surface area contributed by atoms with Gasteiger partial charge in [0.1, 0.15) is 12.4 Å². The van der Waals surface area contributed by atoms with Gasteiger partial charge in [-0.3, -0.25) is 4.79 Å². The largest absolute Gasteiger partial charge is 0.445 e. The number of carbonyl (C=O) groups is 2. The molecule has 2 aliphatic rings. The van der Waals surface area contributed by atoms with Gasteiger partial charge in [0.2, 0.25) is 0 Å². The first-order chi connectivity index (χ1) is 10.0. The number of ether oxygens (including phenoxy) is 1. The molecule has 1 aliphatic carbocycles. The molecule has 2 fully saturated rings. The van der Waals surface area contributed by atoms with Crippen molar-refractivity contribution >= 4 is 11.9 Å². The summed E-state index contributed by atoms with van der Waals surface area (Å²) in [6.07, 6.45) is 1.48. The van der Waals surface area contributed by atoms with Crippen LogP contribution in [0.15, 0.2) is 30.3 Å². The first kappa shape index (κ1) is 14.1. The number of ketones is 1. The predicted octanol–water partition coefficient (Wildman–Crippen LogP) is 3.01. The number of piperidine rings is 1. The highest BCUT2D eigenvalue weighted by atomic mass is 16.6. The average molecular weight is 287 g/mol. The fraction of sp³-hybridized carbons (Fsp3) is 0.529. The molecule has 1 aromatic carbocycles. The second-order valence-corrected chi connectivity index (χ2v) is 6.51. The topological polar surface area (TPSA) is 46.6 Å². The summed E-state index contributed by atoms with van der Waals surface area (Å²) >= 11 is 0. The van der Waals surface area contributed by atoms with Crippen LogP contribution in [0.4, 0.5) is 4.79 Å². The Bertz CT molecular complexity index is 552. The van der Waals surface area contributed by atoms with Crippen LogP contribution in [0.25, 0.3) is 0 Å². The number of hydrogen-bond donors (Lipinski definition) is 0. The summed E-state index contributed by atoms with van der Waals surface area (Å²) in [6, 6.07) is 9.65. The van der Waals surface area contributed by atoms with E-state index in [9.17, 15) is 9.59 Å². The highest BCUT2D eigenvalue weighted by molar-refractivity contribution is 5.95. The minimum absolute atomic E-state index is 0.00187. The molecule has 21 heavy (non-hydrogen) atoms. The van der Waals surface area contributed by atoms with Crippen molar-refractivity contribution in [2.24, 2.45) is 11.3 Å². The minimum Gasteiger partial charge on any atom is -0.445 e. The molecule has 0 radical (unpaired) electrons. The molecular weight excluding hydrogens is 266 g/mol. The van der Waals surface area contributed by atoms with Crippen molar-refractivity contribution in [3.63, 3.8) is 0 Å². The Morgan fingerprint density at radius 1 is 1.33 bits per heavy atom. The second-order valence-electron chi connectivity index (χ2n) is 6.51. The minimum atomic E-state index is -0.434. The number of rotatable bonds is 2. The van der Waals surface area contributed by atoms with Crippen LogP contribution < -0.4 is 0 Å². The third kappa shape index (κ3) is 2.33. The van der Waals surface area contributed by atoms with Gasteiger partial charge in [0.15, 0.2) is 0 Å². The number of carbonyl (C=O) groups excluding carboxylic acids is 2. The van der Waals surface area contributed by atoms with Crippen LogP contribution in [-0.4, -0.2) is 29.4 Å². The van der Waals surface area contributed by atoms with E-state index in [0.29, 0.717) is 6.54 Å². The zero-order valence-electron chi connectivity index (χ0n) is 12.5. The monoisotopic (exact) mass is 287 g/mol.